The van der Waals surface area contributed by atoms with E-state index in [9.17, 15) is 4.79 Å². The van der Waals surface area contributed by atoms with E-state index in [4.69, 9.17) is 15.6 Å². The number of carbonyl (C=O) groups excluding carboxylic acids is 1. The number of amides is 1. The van der Waals surface area contributed by atoms with Gasteiger partial charge in [-0.3, -0.25) is 0 Å². The molecule has 0 aromatic rings. The molecule has 0 aromatic heterocycles. The fraction of sp³-hybridized carbons (Fsp3) is 0.900. The molecule has 112 valence electrons. The third kappa shape index (κ3) is 13.8. The molecule has 0 aliphatic rings. The second-order valence-electron chi connectivity index (χ2n) is 4.52. The smallest absolute Gasteiger partial charge is 0.407 e. The van der Waals surface area contributed by atoms with Crippen LogP contribution in [0.5, 0.6) is 0 Å². The van der Waals surface area contributed by atoms with Gasteiger partial charge >= 0.3 is 6.09 Å². The van der Waals surface area contributed by atoms with Crippen LogP contribution in [-0.4, -0.2) is 49.1 Å². The molecule has 0 aliphatic carbocycles. The molecule has 1 atom stereocenters. The molecule has 1 amide bonds. The van der Waals surface area contributed by atoms with E-state index in [1.54, 1.807) is 20.8 Å². The largest absolute Gasteiger partial charge is 0.444 e. The summed E-state index contributed by atoms with van der Waals surface area (Å²) in [5.41, 5.74) is 4.77. The minimum atomic E-state index is -0.533. The summed E-state index contributed by atoms with van der Waals surface area (Å²) in [6.07, 6.45) is -0.527. The first kappa shape index (κ1) is 22.9. The van der Waals surface area contributed by atoms with Crippen molar-refractivity contribution in [3.8, 4) is 0 Å². The summed E-state index contributed by atoms with van der Waals surface area (Å²) in [4.78, 5) is 11.4. The van der Waals surface area contributed by atoms with E-state index >= 15 is 0 Å². The summed E-state index contributed by atoms with van der Waals surface area (Å²) in [6, 6.07) is -0.360. The molecule has 0 aromatic carbocycles. The van der Waals surface area contributed by atoms with Gasteiger partial charge in [-0.25, -0.2) is 4.79 Å². The van der Waals surface area contributed by atoms with Crippen LogP contribution in [0.25, 0.3) is 0 Å². The summed E-state index contributed by atoms with van der Waals surface area (Å²) in [6.45, 7) is 6.84. The first-order valence-electron chi connectivity index (χ1n) is 5.40. The highest BCUT2D eigenvalue weighted by Gasteiger charge is 2.18. The molecular weight excluding hydrogens is 281 g/mol. The first-order chi connectivity index (χ1) is 7.39. The fourth-order valence-corrected chi connectivity index (χ4v) is 1.01. The van der Waals surface area contributed by atoms with E-state index in [1.165, 1.54) is 0 Å². The lowest BCUT2D eigenvalue weighted by Crippen LogP contribution is -2.46. The summed E-state index contributed by atoms with van der Waals surface area (Å²) >= 11 is 0. The molecule has 0 heterocycles. The Bertz CT molecular complexity index is 213. The minimum absolute atomic E-state index is 0. The number of nitrogens with two attached hydrogens (primary N) is 1. The van der Waals surface area contributed by atoms with Gasteiger partial charge < -0.3 is 26.2 Å². The van der Waals surface area contributed by atoms with Crippen molar-refractivity contribution in [2.24, 2.45) is 5.73 Å². The SMILES string of the molecule is CC(C)(C)OC(=O)N[C@@H](CO)CNCCN.Cl.Cl. The third-order valence-electron chi connectivity index (χ3n) is 1.65. The maximum atomic E-state index is 11.4. The number of carbonyl (C=O) groups is 1. The van der Waals surface area contributed by atoms with E-state index in [-0.39, 0.29) is 37.5 Å². The van der Waals surface area contributed by atoms with Crippen molar-refractivity contribution in [1.29, 1.82) is 0 Å². The van der Waals surface area contributed by atoms with Gasteiger partial charge in [-0.15, -0.1) is 24.8 Å². The zero-order valence-electron chi connectivity index (χ0n) is 11.1. The van der Waals surface area contributed by atoms with Crippen LogP contribution in [-0.2, 0) is 4.74 Å². The number of ether oxygens (including phenoxy) is 1. The number of rotatable bonds is 6. The number of hydrogen-bond acceptors (Lipinski definition) is 5. The molecule has 0 unspecified atom stereocenters. The average molecular weight is 306 g/mol. The number of aliphatic hydroxyl groups is 1. The Balaban J connectivity index is -0.00000112. The Morgan fingerprint density at radius 2 is 1.94 bits per heavy atom. The molecule has 0 spiro atoms. The van der Waals surface area contributed by atoms with Crippen LogP contribution in [0.2, 0.25) is 0 Å². The quantitative estimate of drug-likeness (QED) is 0.528. The van der Waals surface area contributed by atoms with Gasteiger partial charge in [0, 0.05) is 19.6 Å². The van der Waals surface area contributed by atoms with E-state index in [1.807, 2.05) is 0 Å². The highest BCUT2D eigenvalue weighted by molar-refractivity contribution is 5.85. The topological polar surface area (TPSA) is 96.6 Å². The summed E-state index contributed by atoms with van der Waals surface area (Å²) in [7, 11) is 0. The molecule has 18 heavy (non-hydrogen) atoms. The number of alkyl carbamates (subject to hydrolysis) is 1. The molecule has 0 saturated carbocycles. The standard InChI is InChI=1S/C10H23N3O3.2ClH/c1-10(2,3)16-9(15)13-8(7-14)6-12-5-4-11;;/h8,12,14H,4-7,11H2,1-3H3,(H,13,15);2*1H/t8-;;/m1../s1. The summed E-state index contributed by atoms with van der Waals surface area (Å²) in [5, 5.41) is 14.6. The second-order valence-corrected chi connectivity index (χ2v) is 4.52. The molecule has 6 nitrogen and oxygen atoms in total. The Labute approximate surface area is 121 Å². The number of aliphatic hydroxyl groups excluding tert-OH is 1. The van der Waals surface area contributed by atoms with Gasteiger partial charge in [0.25, 0.3) is 0 Å². The lowest BCUT2D eigenvalue weighted by Gasteiger charge is -2.22. The molecule has 0 rings (SSSR count). The lowest BCUT2D eigenvalue weighted by atomic mass is 10.2. The molecule has 0 radical (unpaired) electrons. The van der Waals surface area contributed by atoms with Gasteiger partial charge in [-0.1, -0.05) is 0 Å². The fourth-order valence-electron chi connectivity index (χ4n) is 1.01. The highest BCUT2D eigenvalue weighted by atomic mass is 35.5. The van der Waals surface area contributed by atoms with Crippen molar-refractivity contribution in [3.63, 3.8) is 0 Å². The van der Waals surface area contributed by atoms with Crippen LogP contribution in [0.1, 0.15) is 20.8 Å². The van der Waals surface area contributed by atoms with Gasteiger partial charge in [0.15, 0.2) is 0 Å². The molecule has 8 heteroatoms. The monoisotopic (exact) mass is 305 g/mol. The van der Waals surface area contributed by atoms with Crippen LogP contribution < -0.4 is 16.4 Å². The lowest BCUT2D eigenvalue weighted by molar-refractivity contribution is 0.0482. The van der Waals surface area contributed by atoms with Gasteiger partial charge in [0.1, 0.15) is 5.60 Å². The van der Waals surface area contributed by atoms with Crippen molar-refractivity contribution >= 4 is 30.9 Å². The Kier molecular flexibility index (Phi) is 15.0. The zero-order chi connectivity index (χ0) is 12.6. The Morgan fingerprint density at radius 1 is 1.39 bits per heavy atom. The Hall–Kier alpha value is -0.270. The molecule has 0 aliphatic heterocycles. The normalized spacial score (nSPS) is 11.8. The predicted octanol–water partition coefficient (Wildman–Crippen LogP) is 0.264. The van der Waals surface area contributed by atoms with Gasteiger partial charge in [0.2, 0.25) is 0 Å². The van der Waals surface area contributed by atoms with Crippen LogP contribution in [0.4, 0.5) is 4.79 Å². The molecule has 5 N–H and O–H groups in total. The number of nitrogens with one attached hydrogen (secondary N) is 2. The van der Waals surface area contributed by atoms with Crippen LogP contribution >= 0.6 is 24.8 Å². The van der Waals surface area contributed by atoms with Crippen molar-refractivity contribution in [1.82, 2.24) is 10.6 Å². The molecule has 0 bridgehead atoms. The van der Waals surface area contributed by atoms with E-state index in [2.05, 4.69) is 10.6 Å². The maximum Gasteiger partial charge on any atom is 0.407 e. The maximum absolute atomic E-state index is 11.4. The van der Waals surface area contributed by atoms with Crippen molar-refractivity contribution in [2.75, 3.05) is 26.2 Å². The predicted molar refractivity (Wildman–Crippen MR) is 76.7 cm³/mol. The number of halogens is 2. The van der Waals surface area contributed by atoms with Crippen molar-refractivity contribution < 1.29 is 14.6 Å². The summed E-state index contributed by atoms with van der Waals surface area (Å²) in [5.74, 6) is 0. The van der Waals surface area contributed by atoms with E-state index in [0.29, 0.717) is 19.6 Å². The molecule has 0 saturated heterocycles. The number of hydrogen-bond donors (Lipinski definition) is 4. The summed E-state index contributed by atoms with van der Waals surface area (Å²) < 4.78 is 5.06. The average Bonchev–Trinajstić information content (AvgIpc) is 2.13. The van der Waals surface area contributed by atoms with Crippen LogP contribution in [0.3, 0.4) is 0 Å². The minimum Gasteiger partial charge on any atom is -0.444 e. The highest BCUT2D eigenvalue weighted by Crippen LogP contribution is 2.06. The van der Waals surface area contributed by atoms with Gasteiger partial charge in [-0.2, -0.15) is 0 Å². The Morgan fingerprint density at radius 3 is 2.33 bits per heavy atom. The molecular formula is C10H25Cl2N3O3. The van der Waals surface area contributed by atoms with Gasteiger partial charge in [-0.05, 0) is 20.8 Å². The van der Waals surface area contributed by atoms with Gasteiger partial charge in [0.05, 0.1) is 12.6 Å². The second kappa shape index (κ2) is 11.8. The van der Waals surface area contributed by atoms with Crippen LogP contribution in [0.15, 0.2) is 0 Å². The first-order valence-corrected chi connectivity index (χ1v) is 5.40. The third-order valence-corrected chi connectivity index (χ3v) is 1.65. The van der Waals surface area contributed by atoms with Crippen molar-refractivity contribution in [3.05, 3.63) is 0 Å². The van der Waals surface area contributed by atoms with Crippen molar-refractivity contribution in [2.45, 2.75) is 32.4 Å². The zero-order valence-corrected chi connectivity index (χ0v) is 12.7. The molecule has 0 fully saturated rings. The van der Waals surface area contributed by atoms with E-state index in [0.717, 1.165) is 0 Å². The van der Waals surface area contributed by atoms with E-state index < -0.39 is 11.7 Å². The van der Waals surface area contributed by atoms with Crippen LogP contribution in [0, 0.1) is 0 Å².